The number of halogens is 1. The summed E-state index contributed by atoms with van der Waals surface area (Å²) < 4.78 is 0. The van der Waals surface area contributed by atoms with Crippen LogP contribution in [0.5, 0.6) is 0 Å². The number of aromatic amines is 1. The van der Waals surface area contributed by atoms with E-state index < -0.39 is 0 Å². The maximum Gasteiger partial charge on any atom is 0.199 e. The molecule has 0 saturated carbocycles. The van der Waals surface area contributed by atoms with E-state index in [1.54, 1.807) is 0 Å². The van der Waals surface area contributed by atoms with Crippen molar-refractivity contribution in [2.75, 3.05) is 5.73 Å². The molecule has 0 aliphatic carbocycles. The molecule has 1 aromatic rings. The predicted molar refractivity (Wildman–Crippen MR) is 32.7 cm³/mol. The van der Waals surface area contributed by atoms with Gasteiger partial charge in [0.25, 0.3) is 0 Å². The van der Waals surface area contributed by atoms with E-state index in [0.717, 1.165) is 5.69 Å². The van der Waals surface area contributed by atoms with E-state index >= 15 is 0 Å². The van der Waals surface area contributed by atoms with E-state index in [1.165, 1.54) is 0 Å². The summed E-state index contributed by atoms with van der Waals surface area (Å²) in [6.45, 7) is 1.81. The first-order valence-corrected chi connectivity index (χ1v) is 2.55. The van der Waals surface area contributed by atoms with Gasteiger partial charge in [-0.2, -0.15) is 0 Å². The second kappa shape index (κ2) is 1.67. The standard InChI is InChI=1S/C4H6ClN3/c1-2-3(5)8-4(6)7-2/h1H3,(H3,6,7,8). The number of nitrogens with one attached hydrogen (secondary N) is 1. The van der Waals surface area contributed by atoms with Crippen LogP contribution in [-0.4, -0.2) is 9.97 Å². The molecule has 1 aromatic heterocycles. The zero-order valence-electron chi connectivity index (χ0n) is 4.40. The van der Waals surface area contributed by atoms with Crippen molar-refractivity contribution in [2.24, 2.45) is 0 Å². The van der Waals surface area contributed by atoms with Crippen LogP contribution in [-0.2, 0) is 0 Å². The summed E-state index contributed by atoms with van der Waals surface area (Å²) in [5.74, 6) is 0.368. The van der Waals surface area contributed by atoms with Crippen LogP contribution in [0.1, 0.15) is 5.69 Å². The van der Waals surface area contributed by atoms with E-state index in [2.05, 4.69) is 9.97 Å². The van der Waals surface area contributed by atoms with E-state index in [9.17, 15) is 0 Å². The molecule has 1 heterocycles. The predicted octanol–water partition coefficient (Wildman–Crippen LogP) is 0.954. The van der Waals surface area contributed by atoms with Crippen molar-refractivity contribution in [1.82, 2.24) is 9.97 Å². The third-order valence-electron chi connectivity index (χ3n) is 0.844. The van der Waals surface area contributed by atoms with Crippen molar-refractivity contribution in [3.05, 3.63) is 10.8 Å². The van der Waals surface area contributed by atoms with Gasteiger partial charge >= 0.3 is 0 Å². The van der Waals surface area contributed by atoms with Crippen LogP contribution in [0, 0.1) is 6.92 Å². The molecule has 0 aliphatic rings. The number of imidazole rings is 1. The molecule has 0 spiro atoms. The largest absolute Gasteiger partial charge is 0.369 e. The van der Waals surface area contributed by atoms with Crippen LogP contribution in [0.4, 0.5) is 5.95 Å². The first-order chi connectivity index (χ1) is 3.70. The summed E-state index contributed by atoms with van der Waals surface area (Å²) in [7, 11) is 0. The smallest absolute Gasteiger partial charge is 0.199 e. The van der Waals surface area contributed by atoms with Gasteiger partial charge in [0, 0.05) is 0 Å². The second-order valence-electron chi connectivity index (χ2n) is 1.54. The minimum absolute atomic E-state index is 0.368. The van der Waals surface area contributed by atoms with Crippen molar-refractivity contribution in [3.63, 3.8) is 0 Å². The fourth-order valence-corrected chi connectivity index (χ4v) is 0.600. The summed E-state index contributed by atoms with van der Waals surface area (Å²) in [4.78, 5) is 6.44. The van der Waals surface area contributed by atoms with Crippen LogP contribution in [0.3, 0.4) is 0 Å². The van der Waals surface area contributed by atoms with Crippen LogP contribution < -0.4 is 5.73 Å². The van der Waals surface area contributed by atoms with Gasteiger partial charge in [-0.3, -0.25) is 0 Å². The van der Waals surface area contributed by atoms with E-state index in [-0.39, 0.29) is 0 Å². The van der Waals surface area contributed by atoms with Crippen LogP contribution in [0.15, 0.2) is 0 Å². The maximum absolute atomic E-state index is 5.51. The summed E-state index contributed by atoms with van der Waals surface area (Å²) in [5, 5.41) is 0.447. The Morgan fingerprint density at radius 2 is 2.38 bits per heavy atom. The van der Waals surface area contributed by atoms with E-state index in [4.69, 9.17) is 17.3 Å². The average molecular weight is 132 g/mol. The minimum atomic E-state index is 0.368. The highest BCUT2D eigenvalue weighted by Crippen LogP contribution is 2.10. The fraction of sp³-hybridized carbons (Fsp3) is 0.250. The molecule has 0 radical (unpaired) electrons. The summed E-state index contributed by atoms with van der Waals surface area (Å²) >= 11 is 5.51. The van der Waals surface area contributed by atoms with Gasteiger partial charge in [0.2, 0.25) is 0 Å². The number of hydrogen-bond acceptors (Lipinski definition) is 2. The quantitative estimate of drug-likeness (QED) is 0.551. The molecule has 3 N–H and O–H groups in total. The maximum atomic E-state index is 5.51. The van der Waals surface area contributed by atoms with Gasteiger partial charge < -0.3 is 10.7 Å². The number of hydrogen-bond donors (Lipinski definition) is 2. The van der Waals surface area contributed by atoms with Gasteiger partial charge in [-0.1, -0.05) is 11.6 Å². The molecule has 0 amide bonds. The Labute approximate surface area is 51.9 Å². The lowest BCUT2D eigenvalue weighted by molar-refractivity contribution is 1.26. The molecule has 3 nitrogen and oxygen atoms in total. The number of H-pyrrole nitrogens is 1. The molecule has 0 bridgehead atoms. The Hall–Kier alpha value is -0.700. The highest BCUT2D eigenvalue weighted by molar-refractivity contribution is 6.30. The van der Waals surface area contributed by atoms with Crippen molar-refractivity contribution in [2.45, 2.75) is 6.92 Å². The molecule has 44 valence electrons. The molecule has 0 fully saturated rings. The summed E-state index contributed by atoms with van der Waals surface area (Å²) in [6.07, 6.45) is 0. The first kappa shape index (κ1) is 5.44. The van der Waals surface area contributed by atoms with Gasteiger partial charge in [0.1, 0.15) is 0 Å². The lowest BCUT2D eigenvalue weighted by Crippen LogP contribution is -1.84. The number of aromatic nitrogens is 2. The lowest BCUT2D eigenvalue weighted by Gasteiger charge is -1.76. The lowest BCUT2D eigenvalue weighted by atomic mass is 10.6. The van der Waals surface area contributed by atoms with Gasteiger partial charge in [-0.15, -0.1) is 0 Å². The minimum Gasteiger partial charge on any atom is -0.369 e. The van der Waals surface area contributed by atoms with Crippen LogP contribution >= 0.6 is 11.6 Å². The number of nitrogens with two attached hydrogens (primary N) is 1. The first-order valence-electron chi connectivity index (χ1n) is 2.17. The molecule has 1 rings (SSSR count). The zero-order valence-corrected chi connectivity index (χ0v) is 5.16. The van der Waals surface area contributed by atoms with Crippen molar-refractivity contribution in [1.29, 1.82) is 0 Å². The van der Waals surface area contributed by atoms with Gasteiger partial charge in [0.15, 0.2) is 11.1 Å². The number of nitrogen functional groups attached to an aromatic ring is 1. The molecular formula is C4H6ClN3. The molecule has 0 atom stereocenters. The Morgan fingerprint density at radius 1 is 1.75 bits per heavy atom. The Morgan fingerprint density at radius 3 is 2.50 bits per heavy atom. The molecular weight excluding hydrogens is 126 g/mol. The van der Waals surface area contributed by atoms with E-state index in [0.29, 0.717) is 11.1 Å². The average Bonchev–Trinajstić information content (AvgIpc) is 1.85. The molecule has 0 aliphatic heterocycles. The highest BCUT2D eigenvalue weighted by atomic mass is 35.5. The second-order valence-corrected chi connectivity index (χ2v) is 1.90. The Balaban J connectivity index is 3.14. The zero-order chi connectivity index (χ0) is 6.15. The van der Waals surface area contributed by atoms with Crippen molar-refractivity contribution >= 4 is 17.5 Å². The SMILES string of the molecule is Cc1[nH]c(N)nc1Cl. The molecule has 4 heteroatoms. The number of aryl methyl sites for hydroxylation is 1. The van der Waals surface area contributed by atoms with Crippen LogP contribution in [0.2, 0.25) is 5.15 Å². The summed E-state index contributed by atoms with van der Waals surface area (Å²) in [6, 6.07) is 0. The monoisotopic (exact) mass is 131 g/mol. The molecule has 8 heavy (non-hydrogen) atoms. The van der Waals surface area contributed by atoms with Gasteiger partial charge in [-0.05, 0) is 6.92 Å². The van der Waals surface area contributed by atoms with E-state index in [1.807, 2.05) is 6.92 Å². The Bertz CT molecular complexity index is 174. The van der Waals surface area contributed by atoms with Crippen LogP contribution in [0.25, 0.3) is 0 Å². The highest BCUT2D eigenvalue weighted by Gasteiger charge is 1.97. The molecule has 0 saturated heterocycles. The fourth-order valence-electron chi connectivity index (χ4n) is 0.461. The molecule has 0 aromatic carbocycles. The number of rotatable bonds is 0. The normalized spacial score (nSPS) is 9.75. The topological polar surface area (TPSA) is 54.7 Å². The summed E-state index contributed by atoms with van der Waals surface area (Å²) in [5.41, 5.74) is 6.04. The third-order valence-corrected chi connectivity index (χ3v) is 1.21. The van der Waals surface area contributed by atoms with Crippen molar-refractivity contribution in [3.8, 4) is 0 Å². The number of anilines is 1. The van der Waals surface area contributed by atoms with Gasteiger partial charge in [-0.25, -0.2) is 4.98 Å². The van der Waals surface area contributed by atoms with Gasteiger partial charge in [0.05, 0.1) is 5.69 Å². The third kappa shape index (κ3) is 0.767. The van der Waals surface area contributed by atoms with Crippen molar-refractivity contribution < 1.29 is 0 Å². The number of nitrogens with zero attached hydrogens (tertiary/aromatic N) is 1. The molecule has 0 unspecified atom stereocenters. The Kier molecular flexibility index (Phi) is 1.13.